The van der Waals surface area contributed by atoms with Crippen molar-refractivity contribution in [2.45, 2.75) is 13.8 Å². The highest BCUT2D eigenvalue weighted by atomic mass is 16.2. The van der Waals surface area contributed by atoms with Crippen molar-refractivity contribution in [2.24, 2.45) is 7.05 Å². The van der Waals surface area contributed by atoms with Crippen molar-refractivity contribution in [3.8, 4) is 0 Å². The molecule has 2 amide bonds. The molecule has 1 aliphatic rings. The number of amides is 2. The maximum atomic E-state index is 12.6. The summed E-state index contributed by atoms with van der Waals surface area (Å²) >= 11 is 0. The van der Waals surface area contributed by atoms with Crippen LogP contribution >= 0.6 is 0 Å². The molecule has 1 aromatic carbocycles. The molecule has 0 unspecified atom stereocenters. The predicted molar refractivity (Wildman–Crippen MR) is 106 cm³/mol. The van der Waals surface area contributed by atoms with Gasteiger partial charge in [0.25, 0.3) is 11.5 Å². The fraction of sp³-hybridized carbons (Fsp3) is 0.400. The Morgan fingerprint density at radius 2 is 1.79 bits per heavy atom. The summed E-state index contributed by atoms with van der Waals surface area (Å²) < 4.78 is 1.15. The lowest BCUT2D eigenvalue weighted by atomic mass is 10.1. The molecule has 28 heavy (non-hydrogen) atoms. The summed E-state index contributed by atoms with van der Waals surface area (Å²) in [5.41, 5.74) is 3.03. The number of carbonyl (C=O) groups is 2. The number of hydrogen-bond acceptors (Lipinski definition) is 5. The van der Waals surface area contributed by atoms with Crippen LogP contribution < -0.4 is 10.9 Å². The van der Waals surface area contributed by atoms with Crippen LogP contribution in [0.15, 0.2) is 35.1 Å². The summed E-state index contributed by atoms with van der Waals surface area (Å²) in [6.07, 6.45) is 0. The molecule has 8 nitrogen and oxygen atoms in total. The minimum absolute atomic E-state index is 0.0618. The van der Waals surface area contributed by atoms with Gasteiger partial charge in [0, 0.05) is 45.0 Å². The zero-order chi connectivity index (χ0) is 20.3. The number of nitrogens with zero attached hydrogens (tertiary/aromatic N) is 4. The molecule has 1 fully saturated rings. The molecule has 3 rings (SSSR count). The molecule has 0 aliphatic carbocycles. The predicted octanol–water partition coefficient (Wildman–Crippen LogP) is 0.794. The molecule has 0 atom stereocenters. The Morgan fingerprint density at radius 1 is 1.07 bits per heavy atom. The number of hydrogen-bond donors (Lipinski definition) is 1. The van der Waals surface area contributed by atoms with Crippen LogP contribution in [0.3, 0.4) is 0 Å². The van der Waals surface area contributed by atoms with Crippen molar-refractivity contribution in [1.29, 1.82) is 0 Å². The number of aryl methyl sites for hydroxylation is 2. The SMILES string of the molecule is Cc1cccc(NC(=O)CN2CCN(C(=O)c3ccc(=O)n(C)n3)CC2)c1C. The Balaban J connectivity index is 1.53. The molecule has 0 bridgehead atoms. The van der Waals surface area contributed by atoms with Gasteiger partial charge in [-0.05, 0) is 37.1 Å². The Kier molecular flexibility index (Phi) is 5.89. The van der Waals surface area contributed by atoms with Gasteiger partial charge in [0.1, 0.15) is 5.69 Å². The van der Waals surface area contributed by atoms with Crippen LogP contribution in [0.1, 0.15) is 21.6 Å². The molecule has 1 aromatic heterocycles. The first-order valence-electron chi connectivity index (χ1n) is 9.27. The largest absolute Gasteiger partial charge is 0.335 e. The normalized spacial score (nSPS) is 14.8. The van der Waals surface area contributed by atoms with Gasteiger partial charge >= 0.3 is 0 Å². The van der Waals surface area contributed by atoms with E-state index in [1.165, 1.54) is 19.2 Å². The van der Waals surface area contributed by atoms with Crippen LogP contribution in [0.4, 0.5) is 5.69 Å². The second kappa shape index (κ2) is 8.35. The van der Waals surface area contributed by atoms with Crippen LogP contribution in [0.25, 0.3) is 0 Å². The van der Waals surface area contributed by atoms with E-state index in [4.69, 9.17) is 0 Å². The van der Waals surface area contributed by atoms with Gasteiger partial charge in [-0.25, -0.2) is 4.68 Å². The summed E-state index contributed by atoms with van der Waals surface area (Å²) in [7, 11) is 1.52. The summed E-state index contributed by atoms with van der Waals surface area (Å²) in [4.78, 5) is 40.1. The van der Waals surface area contributed by atoms with E-state index >= 15 is 0 Å². The monoisotopic (exact) mass is 383 g/mol. The molecule has 1 saturated heterocycles. The highest BCUT2D eigenvalue weighted by molar-refractivity contribution is 5.93. The second-order valence-electron chi connectivity index (χ2n) is 7.04. The smallest absolute Gasteiger partial charge is 0.274 e. The lowest BCUT2D eigenvalue weighted by molar-refractivity contribution is -0.117. The van der Waals surface area contributed by atoms with Gasteiger partial charge in [0.05, 0.1) is 6.54 Å². The average Bonchev–Trinajstić information content (AvgIpc) is 2.67. The third kappa shape index (κ3) is 4.45. The highest BCUT2D eigenvalue weighted by Crippen LogP contribution is 2.18. The Bertz CT molecular complexity index is 945. The topological polar surface area (TPSA) is 87.5 Å². The third-order valence-corrected chi connectivity index (χ3v) is 5.09. The molecule has 8 heteroatoms. The van der Waals surface area contributed by atoms with Gasteiger partial charge in [-0.2, -0.15) is 5.10 Å². The zero-order valence-electron chi connectivity index (χ0n) is 16.4. The first kappa shape index (κ1) is 19.8. The van der Waals surface area contributed by atoms with Gasteiger partial charge in [-0.15, -0.1) is 0 Å². The fourth-order valence-electron chi connectivity index (χ4n) is 3.17. The van der Waals surface area contributed by atoms with Gasteiger partial charge in [0.15, 0.2) is 0 Å². The maximum Gasteiger partial charge on any atom is 0.274 e. The number of aromatic nitrogens is 2. The summed E-state index contributed by atoms with van der Waals surface area (Å²) in [6, 6.07) is 8.64. The van der Waals surface area contributed by atoms with Crippen molar-refractivity contribution in [3.63, 3.8) is 0 Å². The second-order valence-corrected chi connectivity index (χ2v) is 7.04. The van der Waals surface area contributed by atoms with E-state index in [0.29, 0.717) is 26.2 Å². The average molecular weight is 383 g/mol. The van der Waals surface area contributed by atoms with Crippen LogP contribution in [0, 0.1) is 13.8 Å². The van der Waals surface area contributed by atoms with Gasteiger partial charge in [-0.3, -0.25) is 19.3 Å². The lowest BCUT2D eigenvalue weighted by Gasteiger charge is -2.34. The first-order valence-corrected chi connectivity index (χ1v) is 9.27. The molecular formula is C20H25N5O3. The van der Waals surface area contributed by atoms with E-state index in [1.54, 1.807) is 4.90 Å². The van der Waals surface area contributed by atoms with Crippen molar-refractivity contribution in [1.82, 2.24) is 19.6 Å². The minimum atomic E-state index is -0.253. The van der Waals surface area contributed by atoms with E-state index in [0.717, 1.165) is 21.5 Å². The van der Waals surface area contributed by atoms with E-state index in [2.05, 4.69) is 10.4 Å². The molecule has 148 valence electrons. The molecular weight excluding hydrogens is 358 g/mol. The summed E-state index contributed by atoms with van der Waals surface area (Å²) in [5.74, 6) is -0.261. The third-order valence-electron chi connectivity index (χ3n) is 5.09. The number of anilines is 1. The van der Waals surface area contributed by atoms with E-state index < -0.39 is 0 Å². The molecule has 0 radical (unpaired) electrons. The molecule has 0 spiro atoms. The van der Waals surface area contributed by atoms with Crippen LogP contribution in [-0.2, 0) is 11.8 Å². The number of piperazine rings is 1. The number of nitrogens with one attached hydrogen (secondary N) is 1. The lowest BCUT2D eigenvalue weighted by Crippen LogP contribution is -2.50. The maximum absolute atomic E-state index is 12.6. The Morgan fingerprint density at radius 3 is 2.46 bits per heavy atom. The van der Waals surface area contributed by atoms with Gasteiger partial charge in [-0.1, -0.05) is 12.1 Å². The van der Waals surface area contributed by atoms with E-state index in [1.807, 2.05) is 36.9 Å². The molecule has 2 aromatic rings. The van der Waals surface area contributed by atoms with Crippen LogP contribution in [-0.4, -0.2) is 64.1 Å². The van der Waals surface area contributed by atoms with E-state index in [9.17, 15) is 14.4 Å². The standard InChI is InChI=1S/C20H25N5O3/c1-14-5-4-6-16(15(14)2)21-18(26)13-24-9-11-25(12-10-24)20(28)17-7-8-19(27)23(3)22-17/h4-8H,9-13H2,1-3H3,(H,21,26). The Labute approximate surface area is 163 Å². The number of carbonyl (C=O) groups excluding carboxylic acids is 2. The minimum Gasteiger partial charge on any atom is -0.335 e. The van der Waals surface area contributed by atoms with Crippen molar-refractivity contribution in [2.75, 3.05) is 38.0 Å². The Hall–Kier alpha value is -3.00. The van der Waals surface area contributed by atoms with E-state index in [-0.39, 0.29) is 29.6 Å². The number of benzene rings is 1. The zero-order valence-corrected chi connectivity index (χ0v) is 16.4. The van der Waals surface area contributed by atoms with Crippen LogP contribution in [0.2, 0.25) is 0 Å². The molecule has 1 aliphatic heterocycles. The van der Waals surface area contributed by atoms with Crippen LogP contribution in [0.5, 0.6) is 0 Å². The molecule has 0 saturated carbocycles. The van der Waals surface area contributed by atoms with Crippen molar-refractivity contribution >= 4 is 17.5 Å². The van der Waals surface area contributed by atoms with Gasteiger partial charge < -0.3 is 10.2 Å². The van der Waals surface area contributed by atoms with Crippen molar-refractivity contribution in [3.05, 3.63) is 57.5 Å². The van der Waals surface area contributed by atoms with Gasteiger partial charge in [0.2, 0.25) is 5.91 Å². The quantitative estimate of drug-likeness (QED) is 0.844. The van der Waals surface area contributed by atoms with Crippen molar-refractivity contribution < 1.29 is 9.59 Å². The number of rotatable bonds is 4. The fourth-order valence-corrected chi connectivity index (χ4v) is 3.17. The molecule has 2 heterocycles. The summed E-state index contributed by atoms with van der Waals surface area (Å²) in [5, 5.41) is 6.98. The molecule has 1 N–H and O–H groups in total. The first-order chi connectivity index (χ1) is 13.3. The highest BCUT2D eigenvalue weighted by Gasteiger charge is 2.24. The summed E-state index contributed by atoms with van der Waals surface area (Å²) in [6.45, 7) is 6.53.